The summed E-state index contributed by atoms with van der Waals surface area (Å²) < 4.78 is 0. The molecular formula is C14H19NO. The van der Waals surface area contributed by atoms with Crippen LogP contribution in [0.4, 0.5) is 0 Å². The van der Waals surface area contributed by atoms with E-state index in [1.807, 2.05) is 18.2 Å². The molecule has 2 nitrogen and oxygen atoms in total. The first-order chi connectivity index (χ1) is 7.58. The number of hydrogen-bond acceptors (Lipinski definition) is 2. The van der Waals surface area contributed by atoms with Crippen LogP contribution in [0, 0.1) is 5.41 Å². The van der Waals surface area contributed by atoms with Crippen molar-refractivity contribution >= 4 is 5.78 Å². The molecule has 0 N–H and O–H groups in total. The monoisotopic (exact) mass is 217 g/mol. The predicted octanol–water partition coefficient (Wildman–Crippen LogP) is 2.49. The lowest BCUT2D eigenvalue weighted by Gasteiger charge is -2.35. The van der Waals surface area contributed by atoms with Gasteiger partial charge in [0.2, 0.25) is 0 Å². The van der Waals surface area contributed by atoms with Crippen molar-refractivity contribution in [1.82, 2.24) is 4.90 Å². The van der Waals surface area contributed by atoms with Crippen LogP contribution in [-0.2, 0) is 11.3 Å². The number of carbonyl (C=O) groups excluding carboxylic acids is 1. The van der Waals surface area contributed by atoms with E-state index in [0.29, 0.717) is 12.3 Å². The topological polar surface area (TPSA) is 20.3 Å². The molecule has 1 fully saturated rings. The van der Waals surface area contributed by atoms with E-state index in [1.54, 1.807) is 0 Å². The molecule has 0 aromatic heterocycles. The van der Waals surface area contributed by atoms with Crippen molar-refractivity contribution in [3.05, 3.63) is 35.9 Å². The second kappa shape index (κ2) is 4.38. The van der Waals surface area contributed by atoms with Gasteiger partial charge in [0, 0.05) is 12.0 Å². The summed E-state index contributed by atoms with van der Waals surface area (Å²) >= 11 is 0. The van der Waals surface area contributed by atoms with Crippen molar-refractivity contribution in [3.8, 4) is 0 Å². The van der Waals surface area contributed by atoms with Crippen LogP contribution in [-0.4, -0.2) is 23.8 Å². The fraction of sp³-hybridized carbons (Fsp3) is 0.500. The first-order valence-electron chi connectivity index (χ1n) is 5.87. The fourth-order valence-electron chi connectivity index (χ4n) is 2.05. The Morgan fingerprint density at radius 2 is 1.94 bits per heavy atom. The Labute approximate surface area is 97.3 Å². The molecule has 86 valence electrons. The van der Waals surface area contributed by atoms with E-state index in [1.165, 1.54) is 5.56 Å². The molecular weight excluding hydrogens is 198 g/mol. The molecule has 1 aromatic carbocycles. The summed E-state index contributed by atoms with van der Waals surface area (Å²) in [6, 6.07) is 10.3. The molecule has 0 aliphatic carbocycles. The van der Waals surface area contributed by atoms with Crippen molar-refractivity contribution in [3.63, 3.8) is 0 Å². The second-order valence-corrected chi connectivity index (χ2v) is 5.25. The summed E-state index contributed by atoms with van der Waals surface area (Å²) in [6.07, 6.45) is 0.971. The van der Waals surface area contributed by atoms with E-state index in [-0.39, 0.29) is 5.41 Å². The zero-order valence-electron chi connectivity index (χ0n) is 10.1. The molecule has 0 spiro atoms. The minimum absolute atomic E-state index is 0.118. The SMILES string of the molecule is CC1(C)CCN(Cc2ccccc2)CC1=O. The highest BCUT2D eigenvalue weighted by atomic mass is 16.1. The number of rotatable bonds is 2. The number of nitrogens with zero attached hydrogens (tertiary/aromatic N) is 1. The van der Waals surface area contributed by atoms with Crippen LogP contribution in [0.1, 0.15) is 25.8 Å². The summed E-state index contributed by atoms with van der Waals surface area (Å²) in [4.78, 5) is 14.1. The van der Waals surface area contributed by atoms with E-state index < -0.39 is 0 Å². The lowest BCUT2D eigenvalue weighted by atomic mass is 9.81. The predicted molar refractivity (Wildman–Crippen MR) is 65.1 cm³/mol. The lowest BCUT2D eigenvalue weighted by Crippen LogP contribution is -2.44. The highest BCUT2D eigenvalue weighted by molar-refractivity contribution is 5.86. The van der Waals surface area contributed by atoms with Gasteiger partial charge in [-0.15, -0.1) is 0 Å². The van der Waals surface area contributed by atoms with E-state index in [0.717, 1.165) is 19.5 Å². The largest absolute Gasteiger partial charge is 0.298 e. The molecule has 0 saturated carbocycles. The Hall–Kier alpha value is -1.15. The molecule has 0 amide bonds. The van der Waals surface area contributed by atoms with Crippen molar-refractivity contribution in [2.45, 2.75) is 26.8 Å². The first-order valence-corrected chi connectivity index (χ1v) is 5.87. The number of benzene rings is 1. The normalized spacial score (nSPS) is 21.0. The average molecular weight is 217 g/mol. The molecule has 2 rings (SSSR count). The van der Waals surface area contributed by atoms with Gasteiger partial charge in [-0.2, -0.15) is 0 Å². The van der Waals surface area contributed by atoms with Crippen LogP contribution in [0.3, 0.4) is 0 Å². The van der Waals surface area contributed by atoms with Gasteiger partial charge in [0.1, 0.15) is 0 Å². The Morgan fingerprint density at radius 1 is 1.25 bits per heavy atom. The summed E-state index contributed by atoms with van der Waals surface area (Å²) in [5.41, 5.74) is 1.17. The standard InChI is InChI=1S/C14H19NO/c1-14(2)8-9-15(11-13(14)16)10-12-6-4-3-5-7-12/h3-7H,8-11H2,1-2H3. The van der Waals surface area contributed by atoms with Gasteiger partial charge < -0.3 is 0 Å². The number of ketones is 1. The lowest BCUT2D eigenvalue weighted by molar-refractivity contribution is -0.132. The average Bonchev–Trinajstić information content (AvgIpc) is 2.26. The van der Waals surface area contributed by atoms with Crippen molar-refractivity contribution < 1.29 is 4.79 Å². The molecule has 2 heteroatoms. The third-order valence-electron chi connectivity index (χ3n) is 3.42. The van der Waals surface area contributed by atoms with Gasteiger partial charge >= 0.3 is 0 Å². The summed E-state index contributed by atoms with van der Waals surface area (Å²) in [5, 5.41) is 0. The summed E-state index contributed by atoms with van der Waals surface area (Å²) in [5.74, 6) is 0.370. The van der Waals surface area contributed by atoms with E-state index >= 15 is 0 Å². The van der Waals surface area contributed by atoms with E-state index in [9.17, 15) is 4.79 Å². The first kappa shape index (κ1) is 11.3. The third kappa shape index (κ3) is 2.50. The number of piperidine rings is 1. The maximum absolute atomic E-state index is 11.9. The summed E-state index contributed by atoms with van der Waals surface area (Å²) in [7, 11) is 0. The number of hydrogen-bond donors (Lipinski definition) is 0. The smallest absolute Gasteiger partial charge is 0.152 e. The van der Waals surface area contributed by atoms with Crippen LogP contribution in [0.25, 0.3) is 0 Å². The maximum atomic E-state index is 11.9. The number of likely N-dealkylation sites (tertiary alicyclic amines) is 1. The Morgan fingerprint density at radius 3 is 2.56 bits per heavy atom. The van der Waals surface area contributed by atoms with Crippen LogP contribution < -0.4 is 0 Å². The van der Waals surface area contributed by atoms with Gasteiger partial charge in [0.15, 0.2) is 5.78 Å². The molecule has 1 aliphatic heterocycles. The molecule has 0 bridgehead atoms. The Kier molecular flexibility index (Phi) is 3.10. The van der Waals surface area contributed by atoms with Crippen LogP contribution in [0.5, 0.6) is 0 Å². The maximum Gasteiger partial charge on any atom is 0.152 e. The fourth-order valence-corrected chi connectivity index (χ4v) is 2.05. The van der Waals surface area contributed by atoms with Crippen molar-refractivity contribution in [2.24, 2.45) is 5.41 Å². The molecule has 1 aromatic rings. The molecule has 0 radical (unpaired) electrons. The zero-order chi connectivity index (χ0) is 11.6. The van der Waals surface area contributed by atoms with Crippen LogP contribution in [0.15, 0.2) is 30.3 Å². The molecule has 16 heavy (non-hydrogen) atoms. The van der Waals surface area contributed by atoms with Crippen molar-refractivity contribution in [1.29, 1.82) is 0 Å². The van der Waals surface area contributed by atoms with Gasteiger partial charge in [0.25, 0.3) is 0 Å². The van der Waals surface area contributed by atoms with E-state index in [2.05, 4.69) is 30.9 Å². The van der Waals surface area contributed by atoms with Crippen molar-refractivity contribution in [2.75, 3.05) is 13.1 Å². The highest BCUT2D eigenvalue weighted by Gasteiger charge is 2.33. The van der Waals surface area contributed by atoms with E-state index in [4.69, 9.17) is 0 Å². The third-order valence-corrected chi connectivity index (χ3v) is 3.42. The quantitative estimate of drug-likeness (QED) is 0.758. The van der Waals surface area contributed by atoms with Crippen LogP contribution in [0.2, 0.25) is 0 Å². The molecule has 0 unspecified atom stereocenters. The number of carbonyl (C=O) groups is 1. The van der Waals surface area contributed by atoms with Gasteiger partial charge in [0.05, 0.1) is 6.54 Å². The Balaban J connectivity index is 1.97. The molecule has 1 heterocycles. The molecule has 0 atom stereocenters. The minimum atomic E-state index is -0.118. The van der Waals surface area contributed by atoms with Gasteiger partial charge in [-0.25, -0.2) is 0 Å². The molecule has 1 aliphatic rings. The van der Waals surface area contributed by atoms with Gasteiger partial charge in [-0.1, -0.05) is 44.2 Å². The summed E-state index contributed by atoms with van der Waals surface area (Å²) in [6.45, 7) is 6.61. The minimum Gasteiger partial charge on any atom is -0.298 e. The number of Topliss-reactive ketones (excluding diaryl/α,β-unsaturated/α-hetero) is 1. The van der Waals surface area contributed by atoms with Gasteiger partial charge in [-0.3, -0.25) is 9.69 Å². The second-order valence-electron chi connectivity index (χ2n) is 5.25. The zero-order valence-corrected chi connectivity index (χ0v) is 10.1. The van der Waals surface area contributed by atoms with Gasteiger partial charge in [-0.05, 0) is 18.5 Å². The Bertz CT molecular complexity index is 370. The van der Waals surface area contributed by atoms with Crippen LogP contribution >= 0.6 is 0 Å². The molecule has 1 saturated heterocycles. The highest BCUT2D eigenvalue weighted by Crippen LogP contribution is 2.27.